The van der Waals surface area contributed by atoms with Gasteiger partial charge in [-0.2, -0.15) is 0 Å². The van der Waals surface area contributed by atoms with Gasteiger partial charge < -0.3 is 15.5 Å². The second-order valence-corrected chi connectivity index (χ2v) is 10.9. The minimum absolute atomic E-state index is 0.0368. The number of fused-ring (bicyclic) bond motifs is 4. The highest BCUT2D eigenvalue weighted by Gasteiger charge is 2.39. The summed E-state index contributed by atoms with van der Waals surface area (Å²) in [6, 6.07) is 12.8. The standard InChI is InChI=1S/C31H31ClFN5O4/c1-3-27(39)35-20-10-11-21-19-12-13-34-24(16-19)25(8-4-6-18(2)29(40)36-23(21)17-20)37-14-15-38(31(42)30(37)41)26-9-5-7-22(32)28(26)33/h5,7,9-13,16-18,25H,3-4,6,8,14-15H2,1-2H3,(H,35,39)(H,36,40). The van der Waals surface area contributed by atoms with Gasteiger partial charge in [0.1, 0.15) is 0 Å². The van der Waals surface area contributed by atoms with Crippen molar-refractivity contribution in [2.75, 3.05) is 28.6 Å². The maximum absolute atomic E-state index is 14.7. The van der Waals surface area contributed by atoms with Crippen molar-refractivity contribution in [3.63, 3.8) is 0 Å². The van der Waals surface area contributed by atoms with Crippen LogP contribution >= 0.6 is 11.6 Å². The third-order valence-corrected chi connectivity index (χ3v) is 8.02. The molecule has 2 N–H and O–H groups in total. The number of halogens is 2. The first kappa shape index (κ1) is 29.2. The van der Waals surface area contributed by atoms with Gasteiger partial charge in [0.05, 0.1) is 28.1 Å². The topological polar surface area (TPSA) is 112 Å². The molecule has 1 fully saturated rings. The summed E-state index contributed by atoms with van der Waals surface area (Å²) in [7, 11) is 0. The zero-order valence-corrected chi connectivity index (χ0v) is 24.1. The van der Waals surface area contributed by atoms with Gasteiger partial charge in [0.15, 0.2) is 5.82 Å². The number of piperazine rings is 1. The molecule has 42 heavy (non-hydrogen) atoms. The summed E-state index contributed by atoms with van der Waals surface area (Å²) < 4.78 is 14.7. The molecule has 0 radical (unpaired) electrons. The monoisotopic (exact) mass is 591 g/mol. The van der Waals surface area contributed by atoms with Gasteiger partial charge >= 0.3 is 11.8 Å². The molecule has 4 amide bonds. The molecule has 11 heteroatoms. The van der Waals surface area contributed by atoms with E-state index in [1.807, 2.05) is 19.1 Å². The Labute approximate surface area is 248 Å². The molecular formula is C31H31ClFN5O4. The smallest absolute Gasteiger partial charge is 0.316 e. The summed E-state index contributed by atoms with van der Waals surface area (Å²) in [4.78, 5) is 59.1. The number of hydrogen-bond donors (Lipinski definition) is 2. The van der Waals surface area contributed by atoms with E-state index < -0.39 is 23.7 Å². The molecule has 2 atom stereocenters. The number of amides is 4. The zero-order chi connectivity index (χ0) is 30.0. The molecule has 0 spiro atoms. The lowest BCUT2D eigenvalue weighted by Gasteiger charge is -2.38. The Hall–Kier alpha value is -4.31. The van der Waals surface area contributed by atoms with Crippen LogP contribution in [0.15, 0.2) is 54.7 Å². The first-order valence-corrected chi connectivity index (χ1v) is 14.3. The van der Waals surface area contributed by atoms with Crippen molar-refractivity contribution in [1.29, 1.82) is 0 Å². The summed E-state index contributed by atoms with van der Waals surface area (Å²) in [5.41, 5.74) is 3.14. The molecule has 9 nitrogen and oxygen atoms in total. The Balaban J connectivity index is 1.50. The van der Waals surface area contributed by atoms with Crippen molar-refractivity contribution in [2.24, 2.45) is 5.92 Å². The van der Waals surface area contributed by atoms with Gasteiger partial charge in [0.2, 0.25) is 11.8 Å². The van der Waals surface area contributed by atoms with E-state index in [2.05, 4.69) is 15.6 Å². The number of anilines is 3. The fraction of sp³-hybridized carbons (Fsp3) is 0.323. The Morgan fingerprint density at radius 3 is 2.69 bits per heavy atom. The van der Waals surface area contributed by atoms with Gasteiger partial charge in [-0.25, -0.2) is 4.39 Å². The SMILES string of the molecule is CCC(=O)Nc1ccc2c(c1)NC(=O)C(C)CCCC(N1CCN(c3cccc(Cl)c3F)C(=O)C1=O)c1cc-2ccn1. The molecule has 2 aliphatic heterocycles. The van der Waals surface area contributed by atoms with Crippen LogP contribution in [0.2, 0.25) is 5.02 Å². The quantitative estimate of drug-likeness (QED) is 0.386. The highest BCUT2D eigenvalue weighted by Crippen LogP contribution is 2.36. The molecule has 0 saturated carbocycles. The van der Waals surface area contributed by atoms with Crippen LogP contribution in [0.4, 0.5) is 21.5 Å². The van der Waals surface area contributed by atoms with Gasteiger partial charge in [0, 0.05) is 42.9 Å². The summed E-state index contributed by atoms with van der Waals surface area (Å²) in [6.07, 6.45) is 3.57. The Morgan fingerprint density at radius 2 is 1.90 bits per heavy atom. The lowest BCUT2D eigenvalue weighted by Crippen LogP contribution is -2.55. The van der Waals surface area contributed by atoms with Crippen molar-refractivity contribution < 1.29 is 23.6 Å². The Morgan fingerprint density at radius 1 is 1.10 bits per heavy atom. The predicted octanol–water partition coefficient (Wildman–Crippen LogP) is 5.56. The van der Waals surface area contributed by atoms with Crippen LogP contribution in [0.5, 0.6) is 0 Å². The van der Waals surface area contributed by atoms with E-state index in [-0.39, 0.29) is 41.5 Å². The normalized spacial score (nSPS) is 19.4. The highest BCUT2D eigenvalue weighted by atomic mass is 35.5. The molecule has 5 rings (SSSR count). The van der Waals surface area contributed by atoms with Gasteiger partial charge in [-0.15, -0.1) is 0 Å². The second kappa shape index (κ2) is 12.3. The minimum Gasteiger partial charge on any atom is -0.326 e. The number of hydrogen-bond acceptors (Lipinski definition) is 5. The number of benzene rings is 2. The average molecular weight is 592 g/mol. The van der Waals surface area contributed by atoms with Crippen molar-refractivity contribution >= 4 is 52.3 Å². The maximum Gasteiger partial charge on any atom is 0.316 e. The number of rotatable bonds is 4. The molecule has 2 aliphatic rings. The van der Waals surface area contributed by atoms with Crippen molar-refractivity contribution in [3.05, 3.63) is 71.3 Å². The molecule has 1 aromatic heterocycles. The van der Waals surface area contributed by atoms with Crippen molar-refractivity contribution in [3.8, 4) is 11.1 Å². The van der Waals surface area contributed by atoms with Crippen LogP contribution in [-0.4, -0.2) is 46.6 Å². The summed E-state index contributed by atoms with van der Waals surface area (Å²) >= 11 is 5.92. The van der Waals surface area contributed by atoms with Crippen molar-refractivity contribution in [2.45, 2.75) is 45.6 Å². The molecule has 3 aromatic rings. The maximum atomic E-state index is 14.7. The van der Waals surface area contributed by atoms with E-state index in [4.69, 9.17) is 11.6 Å². The van der Waals surface area contributed by atoms with E-state index in [9.17, 15) is 23.6 Å². The molecule has 3 heterocycles. The lowest BCUT2D eigenvalue weighted by atomic mass is 9.94. The first-order valence-electron chi connectivity index (χ1n) is 14.0. The van der Waals surface area contributed by atoms with Crippen LogP contribution in [0.1, 0.15) is 51.3 Å². The van der Waals surface area contributed by atoms with Gasteiger partial charge in [-0.1, -0.05) is 44.0 Å². The Bertz CT molecular complexity index is 1560. The van der Waals surface area contributed by atoms with E-state index in [0.717, 1.165) is 16.0 Å². The fourth-order valence-corrected chi connectivity index (χ4v) is 5.54. The highest BCUT2D eigenvalue weighted by molar-refractivity contribution is 6.41. The zero-order valence-electron chi connectivity index (χ0n) is 23.3. The van der Waals surface area contributed by atoms with Crippen molar-refractivity contribution in [1.82, 2.24) is 9.88 Å². The van der Waals surface area contributed by atoms with Gasteiger partial charge in [0.25, 0.3) is 0 Å². The van der Waals surface area contributed by atoms with E-state index in [0.29, 0.717) is 42.8 Å². The third-order valence-electron chi connectivity index (χ3n) is 7.73. The number of carbonyl (C=O) groups excluding carboxylic acids is 4. The summed E-state index contributed by atoms with van der Waals surface area (Å²) in [5.74, 6) is -2.99. The molecular weight excluding hydrogens is 561 g/mol. The molecule has 2 aromatic carbocycles. The third kappa shape index (κ3) is 5.85. The number of aromatic nitrogens is 1. The van der Waals surface area contributed by atoms with Crippen LogP contribution in [0, 0.1) is 11.7 Å². The minimum atomic E-state index is -0.843. The van der Waals surface area contributed by atoms with Gasteiger partial charge in [-0.05, 0) is 54.8 Å². The molecule has 2 unspecified atom stereocenters. The summed E-state index contributed by atoms with van der Waals surface area (Å²) in [6.45, 7) is 3.85. The largest absolute Gasteiger partial charge is 0.326 e. The second-order valence-electron chi connectivity index (χ2n) is 10.5. The lowest BCUT2D eigenvalue weighted by molar-refractivity contribution is -0.148. The van der Waals surface area contributed by atoms with Crippen LogP contribution in [0.25, 0.3) is 11.1 Å². The van der Waals surface area contributed by atoms with Crippen LogP contribution in [0.3, 0.4) is 0 Å². The number of nitrogens with one attached hydrogen (secondary N) is 2. The van der Waals surface area contributed by atoms with E-state index >= 15 is 0 Å². The van der Waals surface area contributed by atoms with Crippen LogP contribution < -0.4 is 15.5 Å². The first-order chi connectivity index (χ1) is 20.2. The molecule has 2 bridgehead atoms. The number of carbonyl (C=O) groups is 4. The van der Waals surface area contributed by atoms with Crippen LogP contribution in [-0.2, 0) is 19.2 Å². The Kier molecular flexibility index (Phi) is 8.54. The molecule has 218 valence electrons. The average Bonchev–Trinajstić information content (AvgIpc) is 2.98. The summed E-state index contributed by atoms with van der Waals surface area (Å²) in [5, 5.41) is 5.72. The predicted molar refractivity (Wildman–Crippen MR) is 158 cm³/mol. The fourth-order valence-electron chi connectivity index (χ4n) is 5.37. The van der Waals surface area contributed by atoms with E-state index in [1.54, 1.807) is 31.3 Å². The van der Waals surface area contributed by atoms with Gasteiger partial charge in [-0.3, -0.25) is 29.1 Å². The number of nitrogens with zero attached hydrogens (tertiary/aromatic N) is 3. The van der Waals surface area contributed by atoms with E-state index in [1.165, 1.54) is 23.1 Å². The molecule has 1 saturated heterocycles. The molecule has 0 aliphatic carbocycles. The number of pyridine rings is 1.